The minimum Gasteiger partial charge on any atom is -0.466 e. The van der Waals surface area contributed by atoms with E-state index in [1.54, 1.807) is 31.2 Å². The van der Waals surface area contributed by atoms with Crippen molar-refractivity contribution in [2.24, 2.45) is 0 Å². The third-order valence-corrected chi connectivity index (χ3v) is 3.62. The molecule has 0 spiro atoms. The molecule has 1 aromatic rings. The second-order valence-corrected chi connectivity index (χ2v) is 5.16. The Bertz CT molecular complexity index is 471. The minimum absolute atomic E-state index is 0.0549. The van der Waals surface area contributed by atoms with Gasteiger partial charge in [0, 0.05) is 17.3 Å². The number of rotatable bonds is 8. The van der Waals surface area contributed by atoms with E-state index in [0.717, 1.165) is 0 Å². The molecule has 0 aliphatic heterocycles. The Morgan fingerprint density at radius 1 is 1.19 bits per heavy atom. The van der Waals surface area contributed by atoms with Gasteiger partial charge in [0.25, 0.3) is 0 Å². The fourth-order valence-corrected chi connectivity index (χ4v) is 2.12. The highest BCUT2D eigenvalue weighted by Crippen LogP contribution is 2.19. The molecule has 0 saturated heterocycles. The Labute approximate surface area is 132 Å². The molecular formula is C15H19BrO5. The van der Waals surface area contributed by atoms with Crippen molar-refractivity contribution >= 4 is 27.7 Å². The van der Waals surface area contributed by atoms with Crippen molar-refractivity contribution < 1.29 is 24.5 Å². The predicted octanol–water partition coefficient (Wildman–Crippen LogP) is 2.00. The number of ketones is 1. The lowest BCUT2D eigenvalue weighted by Crippen LogP contribution is -2.19. The Morgan fingerprint density at radius 2 is 1.81 bits per heavy atom. The minimum atomic E-state index is -1.01. The van der Waals surface area contributed by atoms with Crippen LogP contribution in [0.5, 0.6) is 0 Å². The van der Waals surface area contributed by atoms with Gasteiger partial charge in [-0.25, -0.2) is 0 Å². The summed E-state index contributed by atoms with van der Waals surface area (Å²) >= 11 is 3.09. The molecule has 2 N–H and O–H groups in total. The number of alkyl halides is 1. The molecule has 116 valence electrons. The monoisotopic (exact) mass is 358 g/mol. The van der Waals surface area contributed by atoms with Crippen molar-refractivity contribution in [3.8, 4) is 0 Å². The average Bonchev–Trinajstić information content (AvgIpc) is 2.51. The molecule has 0 bridgehead atoms. The molecule has 6 heteroatoms. The van der Waals surface area contributed by atoms with E-state index in [2.05, 4.69) is 15.9 Å². The molecule has 0 radical (unpaired) electrons. The summed E-state index contributed by atoms with van der Waals surface area (Å²) in [4.78, 5) is 23.1. The van der Waals surface area contributed by atoms with Crippen LogP contribution in [0.2, 0.25) is 0 Å². The SMILES string of the molecule is CCOC(=O)CCC(=O)c1ccc(C(O)C(O)CBr)cc1. The molecular weight excluding hydrogens is 340 g/mol. The van der Waals surface area contributed by atoms with Crippen LogP contribution >= 0.6 is 15.9 Å². The zero-order valence-corrected chi connectivity index (χ0v) is 13.4. The van der Waals surface area contributed by atoms with Crippen molar-refractivity contribution in [3.05, 3.63) is 35.4 Å². The van der Waals surface area contributed by atoms with Gasteiger partial charge in [-0.1, -0.05) is 40.2 Å². The van der Waals surface area contributed by atoms with Crippen LogP contribution in [0.1, 0.15) is 41.8 Å². The number of esters is 1. The standard InChI is InChI=1S/C15H19BrO5/c1-2-21-14(19)8-7-12(17)10-3-5-11(6-4-10)15(20)13(18)9-16/h3-6,13,15,18,20H,2,7-9H2,1H3. The maximum Gasteiger partial charge on any atom is 0.306 e. The first-order valence-corrected chi connectivity index (χ1v) is 7.82. The lowest BCUT2D eigenvalue weighted by molar-refractivity contribution is -0.143. The molecule has 0 heterocycles. The lowest BCUT2D eigenvalue weighted by Gasteiger charge is -2.16. The Hall–Kier alpha value is -1.24. The summed E-state index contributed by atoms with van der Waals surface area (Å²) in [6, 6.07) is 6.34. The topological polar surface area (TPSA) is 83.8 Å². The van der Waals surface area contributed by atoms with Crippen LogP contribution in [0, 0.1) is 0 Å². The highest BCUT2D eigenvalue weighted by atomic mass is 79.9. The number of Topliss-reactive ketones (excluding diaryl/α,β-unsaturated/α-hetero) is 1. The van der Waals surface area contributed by atoms with E-state index < -0.39 is 18.2 Å². The number of hydrogen-bond donors (Lipinski definition) is 2. The molecule has 1 rings (SSSR count). The van der Waals surface area contributed by atoms with E-state index >= 15 is 0 Å². The van der Waals surface area contributed by atoms with Gasteiger partial charge in [-0.05, 0) is 12.5 Å². The van der Waals surface area contributed by atoms with Crippen LogP contribution in [0.15, 0.2) is 24.3 Å². The zero-order chi connectivity index (χ0) is 15.8. The molecule has 0 fully saturated rings. The van der Waals surface area contributed by atoms with Crippen molar-refractivity contribution in [1.29, 1.82) is 0 Å². The van der Waals surface area contributed by atoms with Crippen molar-refractivity contribution in [2.45, 2.75) is 32.0 Å². The molecule has 0 aliphatic carbocycles. The van der Waals surface area contributed by atoms with Gasteiger partial charge in [0.15, 0.2) is 5.78 Å². The van der Waals surface area contributed by atoms with Crippen LogP contribution < -0.4 is 0 Å². The second kappa shape index (κ2) is 8.92. The molecule has 0 aromatic heterocycles. The van der Waals surface area contributed by atoms with E-state index in [1.807, 2.05) is 0 Å². The van der Waals surface area contributed by atoms with Crippen molar-refractivity contribution in [3.63, 3.8) is 0 Å². The largest absolute Gasteiger partial charge is 0.466 e. The van der Waals surface area contributed by atoms with Gasteiger partial charge in [-0.15, -0.1) is 0 Å². The van der Waals surface area contributed by atoms with Gasteiger partial charge < -0.3 is 14.9 Å². The molecule has 21 heavy (non-hydrogen) atoms. The first-order valence-electron chi connectivity index (χ1n) is 6.70. The zero-order valence-electron chi connectivity index (χ0n) is 11.8. The smallest absolute Gasteiger partial charge is 0.306 e. The summed E-state index contributed by atoms with van der Waals surface area (Å²) in [5, 5.41) is 19.6. The molecule has 1 aromatic carbocycles. The number of hydrogen-bond acceptors (Lipinski definition) is 5. The van der Waals surface area contributed by atoms with Crippen LogP contribution in [-0.4, -0.2) is 40.0 Å². The normalized spacial score (nSPS) is 13.5. The Morgan fingerprint density at radius 3 is 2.33 bits per heavy atom. The van der Waals surface area contributed by atoms with E-state index in [9.17, 15) is 19.8 Å². The maximum absolute atomic E-state index is 11.9. The Balaban J connectivity index is 2.61. The van der Waals surface area contributed by atoms with E-state index in [4.69, 9.17) is 4.74 Å². The number of carbonyl (C=O) groups excluding carboxylic acids is 2. The molecule has 0 saturated carbocycles. The van der Waals surface area contributed by atoms with Crippen LogP contribution in [0.3, 0.4) is 0 Å². The number of ether oxygens (including phenoxy) is 1. The van der Waals surface area contributed by atoms with Crippen LogP contribution in [0.4, 0.5) is 0 Å². The van der Waals surface area contributed by atoms with Gasteiger partial charge >= 0.3 is 5.97 Å². The Kier molecular flexibility index (Phi) is 7.56. The van der Waals surface area contributed by atoms with Gasteiger partial charge in [0.05, 0.1) is 19.1 Å². The number of aliphatic hydroxyl groups excluding tert-OH is 2. The summed E-state index contributed by atoms with van der Waals surface area (Å²) in [6.07, 6.45) is -1.77. The number of halogens is 1. The highest BCUT2D eigenvalue weighted by Gasteiger charge is 2.17. The summed E-state index contributed by atoms with van der Waals surface area (Å²) in [5.41, 5.74) is 0.993. The first kappa shape index (κ1) is 17.8. The van der Waals surface area contributed by atoms with Gasteiger partial charge in [0.1, 0.15) is 6.10 Å². The summed E-state index contributed by atoms with van der Waals surface area (Å²) in [7, 11) is 0. The third-order valence-electron chi connectivity index (χ3n) is 2.96. The second-order valence-electron chi connectivity index (χ2n) is 4.52. The molecule has 0 amide bonds. The van der Waals surface area contributed by atoms with Crippen molar-refractivity contribution in [2.75, 3.05) is 11.9 Å². The molecule has 2 atom stereocenters. The van der Waals surface area contributed by atoms with E-state index in [0.29, 0.717) is 17.7 Å². The maximum atomic E-state index is 11.9. The summed E-state index contributed by atoms with van der Waals surface area (Å²) < 4.78 is 4.76. The van der Waals surface area contributed by atoms with E-state index in [1.165, 1.54) is 0 Å². The predicted molar refractivity (Wildman–Crippen MR) is 81.4 cm³/mol. The van der Waals surface area contributed by atoms with Gasteiger partial charge in [-0.2, -0.15) is 0 Å². The van der Waals surface area contributed by atoms with Crippen LogP contribution in [-0.2, 0) is 9.53 Å². The summed E-state index contributed by atoms with van der Waals surface area (Å²) in [6.45, 7) is 2.01. The van der Waals surface area contributed by atoms with Crippen molar-refractivity contribution in [1.82, 2.24) is 0 Å². The third kappa shape index (κ3) is 5.57. The molecule has 2 unspecified atom stereocenters. The fourth-order valence-electron chi connectivity index (χ4n) is 1.77. The quantitative estimate of drug-likeness (QED) is 0.421. The molecule has 5 nitrogen and oxygen atoms in total. The fraction of sp³-hybridized carbons (Fsp3) is 0.467. The van der Waals surface area contributed by atoms with Crippen LogP contribution in [0.25, 0.3) is 0 Å². The first-order chi connectivity index (χ1) is 9.99. The highest BCUT2D eigenvalue weighted by molar-refractivity contribution is 9.09. The van der Waals surface area contributed by atoms with Gasteiger partial charge in [-0.3, -0.25) is 9.59 Å². The molecule has 0 aliphatic rings. The lowest BCUT2D eigenvalue weighted by atomic mass is 10.0. The number of aliphatic hydroxyl groups is 2. The summed E-state index contributed by atoms with van der Waals surface area (Å²) in [5.74, 6) is -0.552. The van der Waals surface area contributed by atoms with Gasteiger partial charge in [0.2, 0.25) is 0 Å². The average molecular weight is 359 g/mol. The van der Waals surface area contributed by atoms with E-state index in [-0.39, 0.29) is 24.0 Å². The number of carbonyl (C=O) groups is 2. The number of benzene rings is 1.